The van der Waals surface area contributed by atoms with Gasteiger partial charge in [0.15, 0.2) is 5.78 Å². The Morgan fingerprint density at radius 2 is 1.00 bits per heavy atom. The first kappa shape index (κ1) is 30.8. The second kappa shape index (κ2) is 27.6. The van der Waals surface area contributed by atoms with Gasteiger partial charge in [0.1, 0.15) is 0 Å². The summed E-state index contributed by atoms with van der Waals surface area (Å²) in [4.78, 5) is 20.7. The van der Waals surface area contributed by atoms with Crippen LogP contribution in [0.1, 0.15) is 136 Å². The van der Waals surface area contributed by atoms with E-state index < -0.39 is 5.97 Å². The van der Waals surface area contributed by atoms with Gasteiger partial charge in [-0.2, -0.15) is 0 Å². The Balaban J connectivity index is 0. The van der Waals surface area contributed by atoms with E-state index >= 15 is 0 Å². The Kier molecular flexibility index (Phi) is 28.4. The summed E-state index contributed by atoms with van der Waals surface area (Å²) < 4.78 is 0. The molecule has 0 aromatic rings. The number of aliphatic carboxylic acids is 1. The fraction of sp³-hybridized carbons (Fsp3) is 0.778. The SMILES string of the molecule is CCCCCC=CC(C)=O.CCCCCCCCC=CCCCCCCCC(=O)O. The molecule has 0 aromatic heterocycles. The number of ketones is 1. The minimum atomic E-state index is -0.664. The maximum Gasteiger partial charge on any atom is 0.303 e. The lowest BCUT2D eigenvalue weighted by molar-refractivity contribution is -0.137. The van der Waals surface area contributed by atoms with Crippen molar-refractivity contribution in [1.82, 2.24) is 0 Å². The van der Waals surface area contributed by atoms with E-state index in [1.54, 1.807) is 13.0 Å². The molecule has 0 amide bonds. The molecule has 0 rings (SSSR count). The first-order valence-electron chi connectivity index (χ1n) is 12.6. The zero-order chi connectivity index (χ0) is 22.7. The van der Waals surface area contributed by atoms with E-state index in [0.717, 1.165) is 19.3 Å². The van der Waals surface area contributed by atoms with E-state index in [1.165, 1.54) is 89.9 Å². The molecule has 3 nitrogen and oxygen atoms in total. The van der Waals surface area contributed by atoms with Crippen LogP contribution in [0.2, 0.25) is 0 Å². The molecule has 0 heterocycles. The van der Waals surface area contributed by atoms with Crippen LogP contribution < -0.4 is 0 Å². The third-order valence-corrected chi connectivity index (χ3v) is 4.98. The highest BCUT2D eigenvalue weighted by atomic mass is 16.4. The molecule has 0 radical (unpaired) electrons. The van der Waals surface area contributed by atoms with E-state index in [0.29, 0.717) is 6.42 Å². The molecule has 30 heavy (non-hydrogen) atoms. The molecule has 0 unspecified atom stereocenters. The number of hydrogen-bond donors (Lipinski definition) is 1. The van der Waals surface area contributed by atoms with Crippen LogP contribution in [0, 0.1) is 0 Å². The van der Waals surface area contributed by atoms with Gasteiger partial charge in [0.25, 0.3) is 0 Å². The van der Waals surface area contributed by atoms with E-state index in [4.69, 9.17) is 5.11 Å². The van der Waals surface area contributed by atoms with Crippen molar-refractivity contribution in [3.8, 4) is 0 Å². The highest BCUT2D eigenvalue weighted by Crippen LogP contribution is 2.09. The van der Waals surface area contributed by atoms with E-state index in [2.05, 4.69) is 26.0 Å². The molecule has 0 atom stereocenters. The van der Waals surface area contributed by atoms with E-state index in [1.807, 2.05) is 6.08 Å². The standard InChI is InChI=1S/C18H34O2.C9H16O/c1-2-3-4-5-6-7-8-9-10-11-12-13-14-15-16-17-18(19)20;1-3-4-5-6-7-8-9(2)10/h9-10H,2-8,11-17H2,1H3,(H,19,20);7-8H,3-6H2,1-2H3. The predicted octanol–water partition coefficient (Wildman–Crippen LogP) is 8.82. The summed E-state index contributed by atoms with van der Waals surface area (Å²) in [6.07, 6.45) is 29.6. The second-order valence-corrected chi connectivity index (χ2v) is 8.24. The smallest absolute Gasteiger partial charge is 0.303 e. The lowest BCUT2D eigenvalue weighted by Gasteiger charge is -1.99. The van der Waals surface area contributed by atoms with E-state index in [9.17, 15) is 9.59 Å². The zero-order valence-electron chi connectivity index (χ0n) is 20.3. The largest absolute Gasteiger partial charge is 0.481 e. The van der Waals surface area contributed by atoms with Crippen molar-refractivity contribution >= 4 is 11.8 Å². The molecule has 1 N–H and O–H groups in total. The summed E-state index contributed by atoms with van der Waals surface area (Å²) in [6.45, 7) is 6.01. The molecule has 3 heteroatoms. The Bertz CT molecular complexity index is 424. The molecule has 0 fully saturated rings. The Hall–Kier alpha value is -1.38. The van der Waals surface area contributed by atoms with Gasteiger partial charge < -0.3 is 5.11 Å². The number of hydrogen-bond acceptors (Lipinski definition) is 2. The van der Waals surface area contributed by atoms with Crippen LogP contribution in [0.3, 0.4) is 0 Å². The molecular formula is C27H50O3. The number of carbonyl (C=O) groups is 2. The first-order chi connectivity index (χ1) is 14.5. The molecule has 0 bridgehead atoms. The van der Waals surface area contributed by atoms with Gasteiger partial charge in [-0.15, -0.1) is 0 Å². The third-order valence-electron chi connectivity index (χ3n) is 4.98. The average Bonchev–Trinajstić information content (AvgIpc) is 2.71. The fourth-order valence-electron chi connectivity index (χ4n) is 3.11. The van der Waals surface area contributed by atoms with Crippen molar-refractivity contribution in [1.29, 1.82) is 0 Å². The molecular weight excluding hydrogens is 372 g/mol. The van der Waals surface area contributed by atoms with Gasteiger partial charge in [0, 0.05) is 6.42 Å². The number of carboxylic acids is 1. The first-order valence-corrected chi connectivity index (χ1v) is 12.6. The molecule has 0 aliphatic rings. The predicted molar refractivity (Wildman–Crippen MR) is 131 cm³/mol. The van der Waals surface area contributed by atoms with Gasteiger partial charge >= 0.3 is 5.97 Å². The Labute approximate surface area is 187 Å². The Morgan fingerprint density at radius 3 is 1.50 bits per heavy atom. The molecule has 0 aromatic carbocycles. The highest BCUT2D eigenvalue weighted by molar-refractivity contribution is 5.87. The lowest BCUT2D eigenvalue weighted by atomic mass is 10.1. The van der Waals surface area contributed by atoms with Gasteiger partial charge in [-0.1, -0.05) is 96.3 Å². The molecule has 0 spiro atoms. The van der Waals surface area contributed by atoms with Crippen LogP contribution in [0.5, 0.6) is 0 Å². The average molecular weight is 423 g/mol. The lowest BCUT2D eigenvalue weighted by Crippen LogP contribution is -1.93. The van der Waals surface area contributed by atoms with Crippen LogP contribution >= 0.6 is 0 Å². The summed E-state index contributed by atoms with van der Waals surface area (Å²) in [6, 6.07) is 0. The van der Waals surface area contributed by atoms with Gasteiger partial charge in [-0.25, -0.2) is 0 Å². The summed E-state index contributed by atoms with van der Waals surface area (Å²) in [5, 5.41) is 8.51. The summed E-state index contributed by atoms with van der Waals surface area (Å²) in [7, 11) is 0. The number of carbonyl (C=O) groups excluding carboxylic acids is 1. The van der Waals surface area contributed by atoms with Crippen molar-refractivity contribution < 1.29 is 14.7 Å². The van der Waals surface area contributed by atoms with Gasteiger partial charge in [0.2, 0.25) is 0 Å². The maximum atomic E-state index is 10.4. The quantitative estimate of drug-likeness (QED) is 0.121. The number of unbranched alkanes of at least 4 members (excludes halogenated alkanes) is 14. The molecule has 0 aliphatic carbocycles. The fourth-order valence-corrected chi connectivity index (χ4v) is 3.11. The topological polar surface area (TPSA) is 54.4 Å². The summed E-state index contributed by atoms with van der Waals surface area (Å²) >= 11 is 0. The summed E-state index contributed by atoms with van der Waals surface area (Å²) in [5.41, 5.74) is 0. The summed E-state index contributed by atoms with van der Waals surface area (Å²) in [5.74, 6) is -0.515. The normalized spacial score (nSPS) is 11.0. The monoisotopic (exact) mass is 422 g/mol. The maximum absolute atomic E-state index is 10.4. The molecule has 0 aliphatic heterocycles. The Morgan fingerprint density at radius 1 is 0.600 bits per heavy atom. The number of allylic oxidation sites excluding steroid dienone is 4. The van der Waals surface area contributed by atoms with Gasteiger partial charge in [0.05, 0.1) is 0 Å². The van der Waals surface area contributed by atoms with Crippen LogP contribution in [0.25, 0.3) is 0 Å². The van der Waals surface area contributed by atoms with Crippen LogP contribution in [-0.2, 0) is 9.59 Å². The minimum absolute atomic E-state index is 0.150. The molecule has 0 saturated heterocycles. The van der Waals surface area contributed by atoms with Crippen molar-refractivity contribution in [3.63, 3.8) is 0 Å². The number of rotatable bonds is 20. The van der Waals surface area contributed by atoms with Crippen molar-refractivity contribution in [2.24, 2.45) is 0 Å². The molecule has 176 valence electrons. The van der Waals surface area contributed by atoms with Gasteiger partial charge in [-0.05, 0) is 57.9 Å². The van der Waals surface area contributed by atoms with Crippen LogP contribution in [0.15, 0.2) is 24.3 Å². The van der Waals surface area contributed by atoms with Crippen molar-refractivity contribution in [3.05, 3.63) is 24.3 Å². The minimum Gasteiger partial charge on any atom is -0.481 e. The van der Waals surface area contributed by atoms with Crippen molar-refractivity contribution in [2.45, 2.75) is 136 Å². The van der Waals surface area contributed by atoms with Gasteiger partial charge in [-0.3, -0.25) is 9.59 Å². The number of carboxylic acid groups (broad SMARTS) is 1. The van der Waals surface area contributed by atoms with Crippen LogP contribution in [0.4, 0.5) is 0 Å². The van der Waals surface area contributed by atoms with Crippen LogP contribution in [-0.4, -0.2) is 16.9 Å². The third kappa shape index (κ3) is 34.1. The highest BCUT2D eigenvalue weighted by Gasteiger charge is 1.95. The van der Waals surface area contributed by atoms with Crippen molar-refractivity contribution in [2.75, 3.05) is 0 Å². The van der Waals surface area contributed by atoms with E-state index in [-0.39, 0.29) is 5.78 Å². The zero-order valence-corrected chi connectivity index (χ0v) is 20.3. The molecule has 0 saturated carbocycles. The second-order valence-electron chi connectivity index (χ2n) is 8.24.